The van der Waals surface area contributed by atoms with Gasteiger partial charge in [0, 0.05) is 67.8 Å². The fraction of sp³-hybridized carbons (Fsp3) is 0.516. The summed E-state index contributed by atoms with van der Waals surface area (Å²) >= 11 is 0. The lowest BCUT2D eigenvalue weighted by molar-refractivity contribution is -0.187. The van der Waals surface area contributed by atoms with E-state index in [1.807, 2.05) is 48.4 Å². The number of nitrogens with zero attached hydrogens (tertiary/aromatic N) is 6. The highest BCUT2D eigenvalue weighted by Gasteiger charge is 2.39. The van der Waals surface area contributed by atoms with Crippen LogP contribution in [0.3, 0.4) is 0 Å². The van der Waals surface area contributed by atoms with Gasteiger partial charge in [0.05, 0.1) is 0 Å². The van der Waals surface area contributed by atoms with Crippen LogP contribution < -0.4 is 5.32 Å². The number of hydrogen-bond donors (Lipinski definition) is 2. The minimum absolute atomic E-state index is 0.118. The molecule has 0 radical (unpaired) electrons. The van der Waals surface area contributed by atoms with Crippen LogP contribution in [0, 0.1) is 5.41 Å². The second kappa shape index (κ2) is 11.9. The topological polar surface area (TPSA) is 98.5 Å². The zero-order valence-electron chi connectivity index (χ0n) is 24.1. The summed E-state index contributed by atoms with van der Waals surface area (Å²) < 4.78 is 7.11. The number of carbonyl (C=O) groups is 1. The lowest BCUT2D eigenvalue weighted by atomic mass is 9.74. The van der Waals surface area contributed by atoms with Gasteiger partial charge in [-0.3, -0.25) is 9.69 Å². The molecule has 2 fully saturated rings. The summed E-state index contributed by atoms with van der Waals surface area (Å²) in [5.41, 5.74) is 4.78. The molecule has 3 aliphatic heterocycles. The molecule has 0 aliphatic carbocycles. The molecule has 6 rings (SSSR count). The molecule has 1 spiro atoms. The summed E-state index contributed by atoms with van der Waals surface area (Å²) in [6.07, 6.45) is 8.63. The van der Waals surface area contributed by atoms with Crippen LogP contribution in [-0.2, 0) is 4.74 Å². The molecule has 0 bridgehead atoms. The van der Waals surface area contributed by atoms with Gasteiger partial charge in [0.1, 0.15) is 0 Å². The number of nitrogens with one attached hydrogen (secondary N) is 1. The molecule has 1 aromatic carbocycles. The predicted octanol–water partition coefficient (Wildman–Crippen LogP) is 3.82. The first-order valence-corrected chi connectivity index (χ1v) is 14.9. The van der Waals surface area contributed by atoms with Gasteiger partial charge >= 0.3 is 0 Å². The van der Waals surface area contributed by atoms with Crippen LogP contribution in [0.4, 0.5) is 11.6 Å². The summed E-state index contributed by atoms with van der Waals surface area (Å²) in [6, 6.07) is 11.7. The van der Waals surface area contributed by atoms with Crippen molar-refractivity contribution >= 4 is 28.8 Å². The lowest BCUT2D eigenvalue weighted by Gasteiger charge is -2.47. The molecule has 3 aliphatic rings. The number of anilines is 2. The van der Waals surface area contributed by atoms with Crippen LogP contribution in [0.5, 0.6) is 0 Å². The third-order valence-corrected chi connectivity index (χ3v) is 8.77. The molecular weight excluding hydrogens is 518 g/mol. The first-order chi connectivity index (χ1) is 19.9. The number of rotatable bonds is 7. The second-order valence-electron chi connectivity index (χ2n) is 11.8. The second-order valence-corrected chi connectivity index (χ2v) is 11.8. The van der Waals surface area contributed by atoms with Crippen molar-refractivity contribution in [3.8, 4) is 0 Å². The molecule has 10 nitrogen and oxygen atoms in total. The SMILES string of the molecule is CCOC(O)N1CC=C(c2cccn3nc(Nc4ccc(C(=O)N5CCCC6(CCCN(C)C6)C5)cc4)nc23)CC1. The van der Waals surface area contributed by atoms with Gasteiger partial charge in [-0.05, 0) is 94.6 Å². The third-order valence-electron chi connectivity index (χ3n) is 8.77. The number of aliphatic hydroxyl groups is 1. The molecule has 5 heterocycles. The number of likely N-dealkylation sites (tertiary alicyclic amines) is 2. The number of hydrogen-bond acceptors (Lipinski definition) is 8. The van der Waals surface area contributed by atoms with Crippen LogP contribution in [0.2, 0.25) is 0 Å². The molecule has 218 valence electrons. The molecule has 2 aromatic heterocycles. The van der Waals surface area contributed by atoms with Crippen molar-refractivity contribution in [1.29, 1.82) is 0 Å². The number of aromatic nitrogens is 3. The van der Waals surface area contributed by atoms with Gasteiger partial charge in [0.15, 0.2) is 5.65 Å². The molecule has 0 saturated carbocycles. The van der Waals surface area contributed by atoms with E-state index in [-0.39, 0.29) is 11.3 Å². The summed E-state index contributed by atoms with van der Waals surface area (Å²) in [7, 11) is 2.20. The third kappa shape index (κ3) is 6.01. The summed E-state index contributed by atoms with van der Waals surface area (Å²) in [6.45, 7) is 7.58. The Balaban J connectivity index is 1.12. The first kappa shape index (κ1) is 27.8. The quantitative estimate of drug-likeness (QED) is 0.422. The monoisotopic (exact) mass is 559 g/mol. The Hall–Kier alpha value is -3.31. The van der Waals surface area contributed by atoms with Crippen LogP contribution in [0.1, 0.15) is 54.9 Å². The Morgan fingerprint density at radius 1 is 1.12 bits per heavy atom. The molecule has 2 N–H and O–H groups in total. The average molecular weight is 560 g/mol. The fourth-order valence-corrected chi connectivity index (χ4v) is 6.77. The van der Waals surface area contributed by atoms with E-state index in [1.165, 1.54) is 24.8 Å². The van der Waals surface area contributed by atoms with Gasteiger partial charge in [-0.25, -0.2) is 4.52 Å². The van der Waals surface area contributed by atoms with Crippen molar-refractivity contribution in [1.82, 2.24) is 29.3 Å². The van der Waals surface area contributed by atoms with E-state index < -0.39 is 6.41 Å². The van der Waals surface area contributed by atoms with Gasteiger partial charge in [-0.15, -0.1) is 5.10 Å². The number of fused-ring (bicyclic) bond motifs is 1. The highest BCUT2D eigenvalue weighted by atomic mass is 16.6. The van der Waals surface area contributed by atoms with Gasteiger partial charge in [-0.2, -0.15) is 4.98 Å². The largest absolute Gasteiger partial charge is 0.356 e. The van der Waals surface area contributed by atoms with Crippen molar-refractivity contribution in [2.24, 2.45) is 5.41 Å². The van der Waals surface area contributed by atoms with Gasteiger partial charge in [0.25, 0.3) is 5.91 Å². The van der Waals surface area contributed by atoms with Gasteiger partial charge in [0.2, 0.25) is 12.4 Å². The Bertz CT molecular complexity index is 1400. The number of aliphatic hydroxyl groups excluding tert-OH is 1. The highest BCUT2D eigenvalue weighted by Crippen LogP contribution is 2.38. The average Bonchev–Trinajstić information content (AvgIpc) is 3.40. The molecule has 41 heavy (non-hydrogen) atoms. The maximum Gasteiger partial charge on any atom is 0.253 e. The Morgan fingerprint density at radius 3 is 2.66 bits per heavy atom. The molecule has 3 aromatic rings. The van der Waals surface area contributed by atoms with Crippen LogP contribution in [0.25, 0.3) is 11.2 Å². The number of carbonyl (C=O) groups excluding carboxylic acids is 1. The molecule has 1 amide bonds. The summed E-state index contributed by atoms with van der Waals surface area (Å²) in [5.74, 6) is 0.619. The van der Waals surface area contributed by atoms with Crippen LogP contribution in [-0.4, -0.2) is 99.6 Å². The minimum atomic E-state index is -0.880. The number of amides is 1. The minimum Gasteiger partial charge on any atom is -0.356 e. The summed E-state index contributed by atoms with van der Waals surface area (Å²) in [5, 5.41) is 18.1. The van der Waals surface area contributed by atoms with Crippen molar-refractivity contribution in [2.45, 2.75) is 45.4 Å². The maximum absolute atomic E-state index is 13.4. The van der Waals surface area contributed by atoms with E-state index in [0.717, 1.165) is 61.5 Å². The number of pyridine rings is 1. The number of piperidine rings is 2. The molecule has 2 saturated heterocycles. The normalized spacial score (nSPS) is 23.1. The fourth-order valence-electron chi connectivity index (χ4n) is 6.77. The maximum atomic E-state index is 13.4. The number of ether oxygens (including phenoxy) is 1. The van der Waals surface area contributed by atoms with E-state index in [1.54, 1.807) is 4.52 Å². The Morgan fingerprint density at radius 2 is 1.93 bits per heavy atom. The van der Waals surface area contributed by atoms with Gasteiger partial charge < -0.3 is 25.0 Å². The van der Waals surface area contributed by atoms with Crippen molar-refractivity contribution in [3.05, 3.63) is 59.8 Å². The van der Waals surface area contributed by atoms with Crippen molar-refractivity contribution in [2.75, 3.05) is 58.2 Å². The summed E-state index contributed by atoms with van der Waals surface area (Å²) in [4.78, 5) is 24.6. The smallest absolute Gasteiger partial charge is 0.253 e. The predicted molar refractivity (Wildman–Crippen MR) is 159 cm³/mol. The molecule has 2 atom stereocenters. The van der Waals surface area contributed by atoms with Crippen LogP contribution >= 0.6 is 0 Å². The van der Waals surface area contributed by atoms with E-state index in [4.69, 9.17) is 9.72 Å². The highest BCUT2D eigenvalue weighted by molar-refractivity contribution is 5.94. The molecule has 10 heteroatoms. The van der Waals surface area contributed by atoms with Crippen molar-refractivity contribution < 1.29 is 14.6 Å². The van der Waals surface area contributed by atoms with E-state index in [2.05, 4.69) is 39.4 Å². The van der Waals surface area contributed by atoms with E-state index >= 15 is 0 Å². The first-order valence-electron chi connectivity index (χ1n) is 14.9. The standard InChI is InChI=1S/C31H41N7O3/c1-3-41-30(40)36-19-12-23(13-20-36)26-7-4-18-38-27(26)33-29(34-38)32-25-10-8-24(9-11-25)28(39)37-17-6-15-31(22-37)14-5-16-35(2)21-31/h4,7-12,18,30,40H,3,5-6,13-17,19-22H2,1-2H3,(H,32,34). The van der Waals surface area contributed by atoms with E-state index in [0.29, 0.717) is 25.6 Å². The molecular formula is C31H41N7O3. The Labute approximate surface area is 241 Å². The molecule has 2 unspecified atom stereocenters. The zero-order chi connectivity index (χ0) is 28.4. The van der Waals surface area contributed by atoms with Gasteiger partial charge in [-0.1, -0.05) is 6.08 Å². The van der Waals surface area contributed by atoms with E-state index in [9.17, 15) is 9.90 Å². The van der Waals surface area contributed by atoms with Crippen molar-refractivity contribution in [3.63, 3.8) is 0 Å². The lowest BCUT2D eigenvalue weighted by Crippen LogP contribution is -2.52. The zero-order valence-corrected chi connectivity index (χ0v) is 24.1. The van der Waals surface area contributed by atoms with Crippen LogP contribution in [0.15, 0.2) is 48.7 Å². The Kier molecular flexibility index (Phi) is 8.07. The number of benzene rings is 1.